The third-order valence-corrected chi connectivity index (χ3v) is 5.90. The van der Waals surface area contributed by atoms with Crippen LogP contribution in [0.3, 0.4) is 0 Å². The molecule has 1 aromatic heterocycles. The molecule has 0 radical (unpaired) electrons. The number of piperidine rings is 1. The number of aryl methyl sites for hydroxylation is 1. The van der Waals surface area contributed by atoms with E-state index in [1.165, 1.54) is 0 Å². The molecule has 3 saturated heterocycles. The van der Waals surface area contributed by atoms with Gasteiger partial charge in [-0.25, -0.2) is 9.67 Å². The molecule has 0 bridgehead atoms. The third kappa shape index (κ3) is 2.59. The van der Waals surface area contributed by atoms with Crippen LogP contribution in [0.2, 0.25) is 0 Å². The van der Waals surface area contributed by atoms with Gasteiger partial charge in [-0.3, -0.25) is 4.90 Å². The van der Waals surface area contributed by atoms with E-state index in [0.717, 1.165) is 44.9 Å². The molecule has 0 unspecified atom stereocenters. The van der Waals surface area contributed by atoms with Crippen LogP contribution in [0.5, 0.6) is 0 Å². The minimum atomic E-state index is -0.641. The minimum absolute atomic E-state index is 0.150. The van der Waals surface area contributed by atoms with E-state index in [4.69, 9.17) is 9.47 Å². The lowest BCUT2D eigenvalue weighted by molar-refractivity contribution is -0.221. The van der Waals surface area contributed by atoms with Crippen molar-refractivity contribution in [2.75, 3.05) is 33.0 Å². The molecule has 7 heteroatoms. The van der Waals surface area contributed by atoms with Crippen molar-refractivity contribution in [1.82, 2.24) is 19.7 Å². The second kappa shape index (κ2) is 6.12. The molecule has 3 aliphatic heterocycles. The Morgan fingerprint density at radius 1 is 1.35 bits per heavy atom. The molecule has 0 aliphatic carbocycles. The SMILES string of the molecule is CCn1ncnc1CN1C[C@H]2COCC[C@@]2(O)[C@@H]2COCC[C@@H]21. The molecule has 1 N–H and O–H groups in total. The Bertz CT molecular complexity index is 551. The summed E-state index contributed by atoms with van der Waals surface area (Å²) in [6, 6.07) is 0.352. The van der Waals surface area contributed by atoms with Crippen LogP contribution in [0.25, 0.3) is 0 Å². The number of fused-ring (bicyclic) bond motifs is 3. The summed E-state index contributed by atoms with van der Waals surface area (Å²) in [5, 5.41) is 15.6. The number of aliphatic hydroxyl groups is 1. The lowest BCUT2D eigenvalue weighted by Gasteiger charge is -2.57. The maximum absolute atomic E-state index is 11.3. The molecular formula is C16H26N4O3. The molecule has 4 heterocycles. The predicted molar refractivity (Wildman–Crippen MR) is 82.7 cm³/mol. The molecule has 4 rings (SSSR count). The summed E-state index contributed by atoms with van der Waals surface area (Å²) in [6.45, 7) is 7.26. The minimum Gasteiger partial charge on any atom is -0.389 e. The van der Waals surface area contributed by atoms with E-state index in [2.05, 4.69) is 21.9 Å². The van der Waals surface area contributed by atoms with Crippen LogP contribution < -0.4 is 0 Å². The van der Waals surface area contributed by atoms with Crippen molar-refractivity contribution in [3.8, 4) is 0 Å². The van der Waals surface area contributed by atoms with Gasteiger partial charge in [0.05, 0.1) is 25.4 Å². The summed E-state index contributed by atoms with van der Waals surface area (Å²) in [5.41, 5.74) is -0.641. The van der Waals surface area contributed by atoms with Gasteiger partial charge in [0, 0.05) is 50.6 Å². The van der Waals surface area contributed by atoms with E-state index in [1.54, 1.807) is 6.33 Å². The molecule has 128 valence electrons. The van der Waals surface area contributed by atoms with Crippen molar-refractivity contribution < 1.29 is 14.6 Å². The Morgan fingerprint density at radius 3 is 3.09 bits per heavy atom. The standard InChI is InChI=1S/C16H26N4O3/c1-2-20-15(17-11-18-20)8-19-7-12-9-23-6-4-16(12,21)13-10-22-5-3-14(13)19/h11-14,21H,2-10H2,1H3/t12-,13+,14-,16-/m0/s1. The number of hydrogen-bond acceptors (Lipinski definition) is 6. The topological polar surface area (TPSA) is 72.6 Å². The fourth-order valence-corrected chi connectivity index (χ4v) is 4.61. The summed E-state index contributed by atoms with van der Waals surface area (Å²) < 4.78 is 13.3. The molecule has 23 heavy (non-hydrogen) atoms. The lowest BCUT2D eigenvalue weighted by Crippen LogP contribution is -2.67. The van der Waals surface area contributed by atoms with Crippen LogP contribution in [-0.4, -0.2) is 69.4 Å². The van der Waals surface area contributed by atoms with E-state index >= 15 is 0 Å². The average Bonchev–Trinajstić information content (AvgIpc) is 3.03. The number of aromatic nitrogens is 3. The van der Waals surface area contributed by atoms with E-state index in [1.807, 2.05) is 4.68 Å². The normalized spacial score (nSPS) is 38.1. The molecular weight excluding hydrogens is 296 g/mol. The Balaban J connectivity index is 1.59. The molecule has 0 amide bonds. The molecule has 3 fully saturated rings. The fourth-order valence-electron chi connectivity index (χ4n) is 4.61. The maximum Gasteiger partial charge on any atom is 0.141 e. The van der Waals surface area contributed by atoms with E-state index in [-0.39, 0.29) is 11.8 Å². The highest BCUT2D eigenvalue weighted by atomic mass is 16.5. The molecule has 0 aromatic carbocycles. The average molecular weight is 322 g/mol. The molecule has 1 aromatic rings. The summed E-state index contributed by atoms with van der Waals surface area (Å²) in [7, 11) is 0. The highest BCUT2D eigenvalue weighted by Gasteiger charge is 2.55. The summed E-state index contributed by atoms with van der Waals surface area (Å²) in [6.07, 6.45) is 3.33. The van der Waals surface area contributed by atoms with Gasteiger partial charge in [0.2, 0.25) is 0 Å². The first-order valence-electron chi connectivity index (χ1n) is 8.71. The van der Waals surface area contributed by atoms with Crippen LogP contribution >= 0.6 is 0 Å². The number of likely N-dealkylation sites (tertiary alicyclic amines) is 1. The molecule has 0 spiro atoms. The van der Waals surface area contributed by atoms with Crippen LogP contribution in [0.1, 0.15) is 25.6 Å². The monoisotopic (exact) mass is 322 g/mol. The highest BCUT2D eigenvalue weighted by molar-refractivity contribution is 5.06. The second-order valence-electron chi connectivity index (χ2n) is 6.97. The fraction of sp³-hybridized carbons (Fsp3) is 0.875. The zero-order chi connectivity index (χ0) is 15.9. The quantitative estimate of drug-likeness (QED) is 0.862. The smallest absolute Gasteiger partial charge is 0.141 e. The van der Waals surface area contributed by atoms with Gasteiger partial charge in [0.15, 0.2) is 0 Å². The Labute approximate surface area is 136 Å². The van der Waals surface area contributed by atoms with Gasteiger partial charge in [-0.1, -0.05) is 0 Å². The number of hydrogen-bond donors (Lipinski definition) is 1. The van der Waals surface area contributed by atoms with E-state index in [0.29, 0.717) is 25.9 Å². The van der Waals surface area contributed by atoms with Gasteiger partial charge in [0.1, 0.15) is 12.2 Å². The predicted octanol–water partition coefficient (Wildman–Crippen LogP) is 0.286. The zero-order valence-corrected chi connectivity index (χ0v) is 13.7. The van der Waals surface area contributed by atoms with Crippen molar-refractivity contribution in [3.63, 3.8) is 0 Å². The Morgan fingerprint density at radius 2 is 2.22 bits per heavy atom. The summed E-state index contributed by atoms with van der Waals surface area (Å²) in [5.74, 6) is 1.31. The van der Waals surface area contributed by atoms with Crippen molar-refractivity contribution >= 4 is 0 Å². The first kappa shape index (κ1) is 15.5. The number of ether oxygens (including phenoxy) is 2. The summed E-state index contributed by atoms with van der Waals surface area (Å²) >= 11 is 0. The lowest BCUT2D eigenvalue weighted by atomic mass is 9.66. The number of rotatable bonds is 3. The molecule has 3 aliphatic rings. The van der Waals surface area contributed by atoms with Crippen LogP contribution in [-0.2, 0) is 22.6 Å². The van der Waals surface area contributed by atoms with E-state index < -0.39 is 5.60 Å². The van der Waals surface area contributed by atoms with Gasteiger partial charge >= 0.3 is 0 Å². The van der Waals surface area contributed by atoms with Crippen LogP contribution in [0, 0.1) is 11.8 Å². The van der Waals surface area contributed by atoms with Crippen molar-refractivity contribution in [3.05, 3.63) is 12.2 Å². The van der Waals surface area contributed by atoms with Crippen molar-refractivity contribution in [1.29, 1.82) is 0 Å². The Kier molecular flexibility index (Phi) is 4.13. The first-order valence-corrected chi connectivity index (χ1v) is 8.71. The van der Waals surface area contributed by atoms with Gasteiger partial charge < -0.3 is 14.6 Å². The van der Waals surface area contributed by atoms with Gasteiger partial charge in [-0.15, -0.1) is 0 Å². The maximum atomic E-state index is 11.3. The van der Waals surface area contributed by atoms with E-state index in [9.17, 15) is 5.11 Å². The van der Waals surface area contributed by atoms with Crippen molar-refractivity contribution in [2.24, 2.45) is 11.8 Å². The molecule has 7 nitrogen and oxygen atoms in total. The summed E-state index contributed by atoms with van der Waals surface area (Å²) in [4.78, 5) is 6.89. The zero-order valence-electron chi connectivity index (χ0n) is 13.7. The van der Waals surface area contributed by atoms with Crippen LogP contribution in [0.4, 0.5) is 0 Å². The largest absolute Gasteiger partial charge is 0.389 e. The molecule has 0 saturated carbocycles. The van der Waals surface area contributed by atoms with Gasteiger partial charge in [0.25, 0.3) is 0 Å². The van der Waals surface area contributed by atoms with Crippen molar-refractivity contribution in [2.45, 2.75) is 44.5 Å². The molecule has 4 atom stereocenters. The van der Waals surface area contributed by atoms with Gasteiger partial charge in [-0.05, 0) is 13.3 Å². The second-order valence-corrected chi connectivity index (χ2v) is 6.97. The first-order chi connectivity index (χ1) is 11.2. The van der Waals surface area contributed by atoms with Crippen LogP contribution in [0.15, 0.2) is 6.33 Å². The third-order valence-electron chi connectivity index (χ3n) is 5.90. The highest BCUT2D eigenvalue weighted by Crippen LogP contribution is 2.44. The van der Waals surface area contributed by atoms with Gasteiger partial charge in [-0.2, -0.15) is 5.10 Å². The number of nitrogens with zero attached hydrogens (tertiary/aromatic N) is 4. The Hall–Kier alpha value is -1.02.